The third-order valence-electron chi connectivity index (χ3n) is 3.58. The highest BCUT2D eigenvalue weighted by molar-refractivity contribution is 5.78. The predicted octanol–water partition coefficient (Wildman–Crippen LogP) is 2.65. The summed E-state index contributed by atoms with van der Waals surface area (Å²) in [7, 11) is 0. The minimum atomic E-state index is -0.441. The highest BCUT2D eigenvalue weighted by atomic mass is 19.1. The van der Waals surface area contributed by atoms with Crippen LogP contribution in [0.15, 0.2) is 30.3 Å². The summed E-state index contributed by atoms with van der Waals surface area (Å²) in [4.78, 5) is 11.8. The zero-order chi connectivity index (χ0) is 14.4. The molecule has 2 N–H and O–H groups in total. The van der Waals surface area contributed by atoms with Crippen molar-refractivity contribution in [3.05, 3.63) is 41.7 Å². The Balaban J connectivity index is 1.81. The van der Waals surface area contributed by atoms with Crippen molar-refractivity contribution in [1.29, 1.82) is 0 Å². The third kappa shape index (κ3) is 4.17. The van der Waals surface area contributed by atoms with E-state index >= 15 is 0 Å². The van der Waals surface area contributed by atoms with Gasteiger partial charge < -0.3 is 10.4 Å². The van der Waals surface area contributed by atoms with Gasteiger partial charge in [0.25, 0.3) is 0 Å². The first-order chi connectivity index (χ1) is 9.66. The highest BCUT2D eigenvalue weighted by Crippen LogP contribution is 2.18. The number of hydrogen-bond donors (Lipinski definition) is 2. The van der Waals surface area contributed by atoms with E-state index in [0.29, 0.717) is 5.56 Å². The van der Waals surface area contributed by atoms with Crippen molar-refractivity contribution in [2.75, 3.05) is 0 Å². The smallest absolute Gasteiger partial charge is 0.224 e. The summed E-state index contributed by atoms with van der Waals surface area (Å²) in [6.45, 7) is 0. The number of aliphatic hydroxyl groups excluding tert-OH is 1. The summed E-state index contributed by atoms with van der Waals surface area (Å²) < 4.78 is 13.4. The summed E-state index contributed by atoms with van der Waals surface area (Å²) in [5, 5.41) is 12.6. The lowest BCUT2D eigenvalue weighted by Gasteiger charge is -2.28. The molecule has 1 fully saturated rings. The maximum atomic E-state index is 13.4. The van der Waals surface area contributed by atoms with Gasteiger partial charge >= 0.3 is 0 Å². The van der Waals surface area contributed by atoms with E-state index in [4.69, 9.17) is 0 Å². The van der Waals surface area contributed by atoms with Crippen molar-refractivity contribution in [2.24, 2.45) is 0 Å². The second-order valence-corrected chi connectivity index (χ2v) is 5.15. The number of amides is 1. The molecule has 0 spiro atoms. The number of aliphatic hydroxyl groups is 1. The molecule has 0 bridgehead atoms. The molecule has 3 nitrogen and oxygen atoms in total. The lowest BCUT2D eigenvalue weighted by molar-refractivity contribution is -0.122. The SMILES string of the molecule is O=C(C/C=C/c1ccccc1F)NC1CCCCC1O. The van der Waals surface area contributed by atoms with Gasteiger partial charge in [0.1, 0.15) is 5.82 Å². The molecule has 1 saturated carbocycles. The van der Waals surface area contributed by atoms with Gasteiger partial charge in [0.15, 0.2) is 0 Å². The molecule has 0 aliphatic heterocycles. The van der Waals surface area contributed by atoms with Gasteiger partial charge in [-0.15, -0.1) is 0 Å². The standard InChI is InChI=1S/C16H20FNO2/c17-13-8-2-1-6-12(13)7-5-11-16(20)18-14-9-3-4-10-15(14)19/h1-2,5-8,14-15,19H,3-4,9-11H2,(H,18,20)/b7-5+. The number of carbonyl (C=O) groups excluding carboxylic acids is 1. The van der Waals surface area contributed by atoms with E-state index in [1.54, 1.807) is 30.4 Å². The van der Waals surface area contributed by atoms with Gasteiger partial charge in [-0.05, 0) is 18.9 Å². The van der Waals surface area contributed by atoms with Crippen molar-refractivity contribution in [3.63, 3.8) is 0 Å². The topological polar surface area (TPSA) is 49.3 Å². The molecule has 2 rings (SSSR count). The Morgan fingerprint density at radius 3 is 2.85 bits per heavy atom. The molecule has 2 unspecified atom stereocenters. The summed E-state index contributed by atoms with van der Waals surface area (Å²) in [6.07, 6.45) is 6.61. The van der Waals surface area contributed by atoms with Gasteiger partial charge in [0.2, 0.25) is 5.91 Å². The van der Waals surface area contributed by atoms with Crippen LogP contribution in [0.3, 0.4) is 0 Å². The minimum Gasteiger partial charge on any atom is -0.391 e. The molecule has 108 valence electrons. The van der Waals surface area contributed by atoms with E-state index in [-0.39, 0.29) is 24.2 Å². The average Bonchev–Trinajstić information content (AvgIpc) is 2.43. The molecule has 20 heavy (non-hydrogen) atoms. The normalized spacial score (nSPS) is 22.9. The first-order valence-corrected chi connectivity index (χ1v) is 7.05. The number of rotatable bonds is 4. The average molecular weight is 277 g/mol. The fraction of sp³-hybridized carbons (Fsp3) is 0.438. The van der Waals surface area contributed by atoms with Gasteiger partial charge in [0.05, 0.1) is 12.1 Å². The van der Waals surface area contributed by atoms with Gasteiger partial charge in [-0.2, -0.15) is 0 Å². The monoisotopic (exact) mass is 277 g/mol. The minimum absolute atomic E-state index is 0.136. The first kappa shape index (κ1) is 14.7. The molecule has 1 amide bonds. The number of carbonyl (C=O) groups is 1. The van der Waals surface area contributed by atoms with Crippen molar-refractivity contribution < 1.29 is 14.3 Å². The van der Waals surface area contributed by atoms with Crippen LogP contribution in [-0.4, -0.2) is 23.2 Å². The number of hydrogen-bond acceptors (Lipinski definition) is 2. The van der Waals surface area contributed by atoms with Gasteiger partial charge in [-0.1, -0.05) is 43.2 Å². The first-order valence-electron chi connectivity index (χ1n) is 7.05. The molecular weight excluding hydrogens is 257 g/mol. The van der Waals surface area contributed by atoms with Crippen molar-refractivity contribution in [1.82, 2.24) is 5.32 Å². The summed E-state index contributed by atoms with van der Waals surface area (Å²) >= 11 is 0. The van der Waals surface area contributed by atoms with Crippen LogP contribution in [0.1, 0.15) is 37.7 Å². The third-order valence-corrected chi connectivity index (χ3v) is 3.58. The molecule has 0 radical (unpaired) electrons. The molecule has 0 saturated heterocycles. The van der Waals surface area contributed by atoms with E-state index in [1.165, 1.54) is 6.07 Å². The largest absolute Gasteiger partial charge is 0.391 e. The van der Waals surface area contributed by atoms with Crippen LogP contribution in [0.5, 0.6) is 0 Å². The Morgan fingerprint density at radius 2 is 2.10 bits per heavy atom. The van der Waals surface area contributed by atoms with E-state index in [1.807, 2.05) is 0 Å². The fourth-order valence-electron chi connectivity index (χ4n) is 2.45. The van der Waals surface area contributed by atoms with E-state index in [9.17, 15) is 14.3 Å². The summed E-state index contributed by atoms with van der Waals surface area (Å²) in [6, 6.07) is 6.29. The van der Waals surface area contributed by atoms with E-state index in [2.05, 4.69) is 5.32 Å². The van der Waals surface area contributed by atoms with Gasteiger partial charge in [-0.25, -0.2) is 4.39 Å². The number of benzene rings is 1. The second-order valence-electron chi connectivity index (χ2n) is 5.15. The van der Waals surface area contributed by atoms with Crippen LogP contribution in [0, 0.1) is 5.82 Å². The van der Waals surface area contributed by atoms with Crippen LogP contribution in [0.25, 0.3) is 6.08 Å². The zero-order valence-electron chi connectivity index (χ0n) is 11.4. The molecule has 4 heteroatoms. The van der Waals surface area contributed by atoms with Crippen LogP contribution in [0.2, 0.25) is 0 Å². The second kappa shape index (κ2) is 7.20. The summed E-state index contributed by atoms with van der Waals surface area (Å²) in [5.41, 5.74) is 0.470. The molecule has 1 aliphatic rings. The van der Waals surface area contributed by atoms with Gasteiger partial charge in [0, 0.05) is 12.0 Å². The van der Waals surface area contributed by atoms with Crippen molar-refractivity contribution >= 4 is 12.0 Å². The van der Waals surface area contributed by atoms with Crippen LogP contribution in [0.4, 0.5) is 4.39 Å². The van der Waals surface area contributed by atoms with Crippen LogP contribution >= 0.6 is 0 Å². The fourth-order valence-corrected chi connectivity index (χ4v) is 2.45. The lowest BCUT2D eigenvalue weighted by atomic mass is 9.92. The Kier molecular flexibility index (Phi) is 5.30. The molecule has 2 atom stereocenters. The highest BCUT2D eigenvalue weighted by Gasteiger charge is 2.23. The Labute approximate surface area is 118 Å². The van der Waals surface area contributed by atoms with Crippen molar-refractivity contribution in [3.8, 4) is 0 Å². The Hall–Kier alpha value is -1.68. The molecule has 1 aliphatic carbocycles. The van der Waals surface area contributed by atoms with E-state index in [0.717, 1.165) is 25.7 Å². The predicted molar refractivity (Wildman–Crippen MR) is 76.5 cm³/mol. The maximum Gasteiger partial charge on any atom is 0.224 e. The van der Waals surface area contributed by atoms with Gasteiger partial charge in [-0.3, -0.25) is 4.79 Å². The quantitative estimate of drug-likeness (QED) is 0.889. The van der Waals surface area contributed by atoms with Crippen LogP contribution in [-0.2, 0) is 4.79 Å². The Bertz CT molecular complexity index is 487. The molecular formula is C16H20FNO2. The molecule has 1 aromatic carbocycles. The molecule has 0 heterocycles. The zero-order valence-corrected chi connectivity index (χ0v) is 11.4. The van der Waals surface area contributed by atoms with Crippen LogP contribution < -0.4 is 5.32 Å². The lowest BCUT2D eigenvalue weighted by Crippen LogP contribution is -2.44. The number of nitrogens with one attached hydrogen (secondary N) is 1. The number of halogens is 1. The maximum absolute atomic E-state index is 13.4. The summed E-state index contributed by atoms with van der Waals surface area (Å²) in [5.74, 6) is -0.435. The molecule has 0 aromatic heterocycles. The Morgan fingerprint density at radius 1 is 1.35 bits per heavy atom. The van der Waals surface area contributed by atoms with E-state index < -0.39 is 6.10 Å². The molecule has 1 aromatic rings. The van der Waals surface area contributed by atoms with Crippen molar-refractivity contribution in [2.45, 2.75) is 44.2 Å².